The van der Waals surface area contributed by atoms with Gasteiger partial charge < -0.3 is 15.0 Å². The summed E-state index contributed by atoms with van der Waals surface area (Å²) in [5, 5.41) is 3.81. The van der Waals surface area contributed by atoms with Crippen LogP contribution in [0.3, 0.4) is 0 Å². The van der Waals surface area contributed by atoms with Crippen LogP contribution in [0.5, 0.6) is 0 Å². The molecule has 12 heteroatoms. The number of rotatable bonds is 5. The second-order valence-electron chi connectivity index (χ2n) is 4.83. The lowest BCUT2D eigenvalue weighted by Gasteiger charge is -2.32. The predicted molar refractivity (Wildman–Crippen MR) is 90.4 cm³/mol. The monoisotopic (exact) mass is 377 g/mol. The third-order valence-corrected chi connectivity index (χ3v) is 3.60. The molecule has 2 aliphatic rings. The first-order valence-electron chi connectivity index (χ1n) is 7.54. The van der Waals surface area contributed by atoms with Crippen molar-refractivity contribution in [3.63, 3.8) is 0 Å². The van der Waals surface area contributed by atoms with E-state index in [-0.39, 0.29) is 11.9 Å². The minimum Gasteiger partial charge on any atom is -0.344 e. The Morgan fingerprint density at radius 2 is 2.12 bits per heavy atom. The molecule has 25 heavy (non-hydrogen) atoms. The van der Waals surface area contributed by atoms with E-state index in [2.05, 4.69) is 20.2 Å². The van der Waals surface area contributed by atoms with Crippen LogP contribution in [-0.2, 0) is 23.8 Å². The summed E-state index contributed by atoms with van der Waals surface area (Å²) in [6.07, 6.45) is 2.17. The van der Waals surface area contributed by atoms with Crippen molar-refractivity contribution in [1.29, 1.82) is 0 Å². The zero-order chi connectivity index (χ0) is 19.2. The molecule has 0 aliphatic carbocycles. The van der Waals surface area contributed by atoms with Gasteiger partial charge in [0, 0.05) is 29.0 Å². The largest absolute Gasteiger partial charge is 0.344 e. The first-order valence-corrected chi connectivity index (χ1v) is 8.01. The summed E-state index contributed by atoms with van der Waals surface area (Å²) in [5.41, 5.74) is 4.13. The van der Waals surface area contributed by atoms with Gasteiger partial charge in [-0.15, -0.1) is 0 Å². The fourth-order valence-electron chi connectivity index (χ4n) is 2.14. The molecule has 2 aliphatic heterocycles. The van der Waals surface area contributed by atoms with Crippen molar-refractivity contribution >= 4 is 40.5 Å². The van der Waals surface area contributed by atoms with Crippen LogP contribution in [0.25, 0.3) is 0 Å². The van der Waals surface area contributed by atoms with Crippen molar-refractivity contribution in [2.24, 2.45) is 0 Å². The van der Waals surface area contributed by atoms with Crippen LogP contribution in [-0.4, -0.2) is 66.7 Å². The van der Waals surface area contributed by atoms with E-state index < -0.39 is 11.9 Å². The number of amides is 5. The molecule has 3 N–H and O–H groups in total. The summed E-state index contributed by atoms with van der Waals surface area (Å²) < 4.78 is 4.79. The molecule has 2 heterocycles. The number of nitrogens with zero attached hydrogens (tertiary/aromatic N) is 2. The molecule has 2 rings (SSSR count). The number of hydrogen-bond acceptors (Lipinski definition) is 6. The third kappa shape index (κ3) is 7.90. The SMILES string of the molecule is C=O.CCN1CCCN(OP)C1=O.O=CNNC(=O)[C@@H]1CCC(=O)N1. The van der Waals surface area contributed by atoms with E-state index in [9.17, 15) is 19.2 Å². The topological polar surface area (TPSA) is 137 Å². The Bertz CT molecular complexity index is 452. The maximum Gasteiger partial charge on any atom is 0.344 e. The standard InChI is InChI=1S/C6H9N3O3.C6H13N2O2P.CH2O/c10-3-7-9-6(12)4-1-2-5(11)8-4;1-2-7-4-3-5-8(10-11)6(7)9;1-2/h3-4H,1-2H2,(H,7,10)(H,8,11)(H,9,12);2-5,11H2,1H3;1H2/t4-;;/m0../s1. The number of carbonyl (C=O) groups excluding carboxylic acids is 5. The van der Waals surface area contributed by atoms with Crippen LogP contribution in [0.4, 0.5) is 4.79 Å². The van der Waals surface area contributed by atoms with Crippen LogP contribution in [0.2, 0.25) is 0 Å². The lowest BCUT2D eigenvalue weighted by Crippen LogP contribution is -2.47. The van der Waals surface area contributed by atoms with Gasteiger partial charge in [0.05, 0.1) is 6.54 Å². The molecule has 0 spiro atoms. The molecule has 0 aromatic carbocycles. The molecule has 11 nitrogen and oxygen atoms in total. The molecule has 0 radical (unpaired) electrons. The summed E-state index contributed by atoms with van der Waals surface area (Å²) in [6, 6.07) is -0.543. The number of nitrogens with one attached hydrogen (secondary N) is 3. The summed E-state index contributed by atoms with van der Waals surface area (Å²) in [7, 11) is 2.09. The van der Waals surface area contributed by atoms with Crippen molar-refractivity contribution in [3.05, 3.63) is 0 Å². The highest BCUT2D eigenvalue weighted by molar-refractivity contribution is 7.09. The van der Waals surface area contributed by atoms with Gasteiger partial charge in [-0.05, 0) is 19.8 Å². The first kappa shape index (κ1) is 22.7. The van der Waals surface area contributed by atoms with Gasteiger partial charge in [-0.25, -0.2) is 9.86 Å². The molecule has 0 aromatic rings. The highest BCUT2D eigenvalue weighted by atomic mass is 31.0. The minimum atomic E-state index is -0.509. The fourth-order valence-corrected chi connectivity index (χ4v) is 2.34. The van der Waals surface area contributed by atoms with Crippen LogP contribution >= 0.6 is 9.47 Å². The molecule has 2 fully saturated rings. The van der Waals surface area contributed by atoms with Gasteiger partial charge in [0.15, 0.2) is 0 Å². The smallest absolute Gasteiger partial charge is 0.344 e. The van der Waals surface area contributed by atoms with Crippen molar-refractivity contribution in [1.82, 2.24) is 26.1 Å². The molecule has 0 aromatic heterocycles. The highest BCUT2D eigenvalue weighted by Crippen LogP contribution is 2.10. The Morgan fingerprint density at radius 1 is 1.44 bits per heavy atom. The third-order valence-electron chi connectivity index (χ3n) is 3.35. The fraction of sp³-hybridized carbons (Fsp3) is 0.615. The van der Waals surface area contributed by atoms with E-state index in [1.165, 1.54) is 5.06 Å². The summed E-state index contributed by atoms with van der Waals surface area (Å²) in [6.45, 7) is 6.26. The highest BCUT2D eigenvalue weighted by Gasteiger charge is 2.26. The maximum absolute atomic E-state index is 11.3. The molecular weight excluding hydrogens is 353 g/mol. The van der Waals surface area contributed by atoms with Gasteiger partial charge in [-0.3, -0.25) is 29.9 Å². The Morgan fingerprint density at radius 3 is 2.60 bits per heavy atom. The summed E-state index contributed by atoms with van der Waals surface area (Å²) >= 11 is 0. The molecule has 142 valence electrons. The molecule has 0 saturated carbocycles. The molecule has 1 unspecified atom stereocenters. The Hall–Kier alpha value is -2.26. The molecule has 5 amide bonds. The quantitative estimate of drug-likeness (QED) is 0.310. The number of carbonyl (C=O) groups is 5. The minimum absolute atomic E-state index is 0.0336. The molecule has 2 atom stereocenters. The molecule has 2 saturated heterocycles. The van der Waals surface area contributed by atoms with Gasteiger partial charge in [0.2, 0.25) is 12.3 Å². The van der Waals surface area contributed by atoms with Gasteiger partial charge in [-0.2, -0.15) is 0 Å². The lowest BCUT2D eigenvalue weighted by molar-refractivity contribution is -0.127. The lowest BCUT2D eigenvalue weighted by atomic mass is 10.2. The first-order chi connectivity index (χ1) is 12.0. The van der Waals surface area contributed by atoms with Gasteiger partial charge >= 0.3 is 6.03 Å². The van der Waals surface area contributed by atoms with Crippen LogP contribution < -0.4 is 16.2 Å². The van der Waals surface area contributed by atoms with E-state index in [1.807, 2.05) is 19.1 Å². The zero-order valence-electron chi connectivity index (χ0n) is 14.0. The van der Waals surface area contributed by atoms with Crippen LogP contribution in [0.1, 0.15) is 26.2 Å². The second-order valence-corrected chi connectivity index (χ2v) is 5.04. The van der Waals surface area contributed by atoms with E-state index in [1.54, 1.807) is 4.90 Å². The summed E-state index contributed by atoms with van der Waals surface area (Å²) in [5.74, 6) is -0.533. The number of hydrazine groups is 1. The van der Waals surface area contributed by atoms with E-state index in [0.717, 1.165) is 19.5 Å². The van der Waals surface area contributed by atoms with E-state index >= 15 is 0 Å². The Balaban J connectivity index is 0.000000421. The van der Waals surface area contributed by atoms with Crippen molar-refractivity contribution < 1.29 is 28.6 Å². The average molecular weight is 377 g/mol. The normalized spacial score (nSPS) is 18.9. The zero-order valence-corrected chi connectivity index (χ0v) is 15.2. The van der Waals surface area contributed by atoms with Gasteiger partial charge in [-0.1, -0.05) is 0 Å². The molecular formula is C13H24N5O6P. The average Bonchev–Trinajstić information content (AvgIpc) is 3.08. The van der Waals surface area contributed by atoms with Crippen molar-refractivity contribution in [3.8, 4) is 0 Å². The van der Waals surface area contributed by atoms with Crippen LogP contribution in [0, 0.1) is 0 Å². The maximum atomic E-state index is 11.3. The number of hydrogen-bond donors (Lipinski definition) is 3. The van der Waals surface area contributed by atoms with Gasteiger partial charge in [0.1, 0.15) is 12.8 Å². The van der Waals surface area contributed by atoms with E-state index in [0.29, 0.717) is 25.8 Å². The molecule has 0 bridgehead atoms. The van der Waals surface area contributed by atoms with Crippen LogP contribution in [0.15, 0.2) is 0 Å². The predicted octanol–water partition coefficient (Wildman–Crippen LogP) is -1.29. The Labute approximate surface area is 148 Å². The van der Waals surface area contributed by atoms with Crippen molar-refractivity contribution in [2.75, 3.05) is 19.6 Å². The second kappa shape index (κ2) is 13.1. The number of urea groups is 1. The number of hydroxylamine groups is 2. The van der Waals surface area contributed by atoms with Crippen molar-refractivity contribution in [2.45, 2.75) is 32.2 Å². The van der Waals surface area contributed by atoms with E-state index in [4.69, 9.17) is 9.42 Å². The summed E-state index contributed by atoms with van der Waals surface area (Å²) in [4.78, 5) is 52.5. The van der Waals surface area contributed by atoms with Gasteiger partial charge in [0.25, 0.3) is 5.91 Å². The Kier molecular flexibility index (Phi) is 11.9.